The molecule has 0 saturated heterocycles. The summed E-state index contributed by atoms with van der Waals surface area (Å²) in [5, 5.41) is 13.2. The second-order valence-electron chi connectivity index (χ2n) is 4.87. The Labute approximate surface area is 130 Å². The second-order valence-corrected chi connectivity index (χ2v) is 5.71. The van der Waals surface area contributed by atoms with Crippen LogP contribution in [0.3, 0.4) is 0 Å². The predicted molar refractivity (Wildman–Crippen MR) is 87.0 cm³/mol. The number of likely N-dealkylation sites (N-methyl/N-ethyl adjacent to an activating group) is 1. The molecule has 0 saturated carbocycles. The Morgan fingerprint density at radius 1 is 1.33 bits per heavy atom. The fourth-order valence-electron chi connectivity index (χ4n) is 2.00. The van der Waals surface area contributed by atoms with Crippen molar-refractivity contribution >= 4 is 16.5 Å². The number of hydrogen-bond donors (Lipinski definition) is 1. The van der Waals surface area contributed by atoms with Gasteiger partial charge in [0.05, 0.1) is 18.4 Å². The molecule has 114 valence electrons. The molecule has 0 aliphatic heterocycles. The Morgan fingerprint density at radius 2 is 2.10 bits per heavy atom. The van der Waals surface area contributed by atoms with E-state index in [0.29, 0.717) is 13.0 Å². The molecule has 1 aromatic carbocycles. The summed E-state index contributed by atoms with van der Waals surface area (Å²) in [6.45, 7) is 4.25. The van der Waals surface area contributed by atoms with Crippen molar-refractivity contribution in [3.8, 4) is 0 Å². The van der Waals surface area contributed by atoms with Gasteiger partial charge in [-0.05, 0) is 12.5 Å². The molecule has 1 unspecified atom stereocenters. The van der Waals surface area contributed by atoms with Crippen LogP contribution < -0.4 is 4.90 Å². The Kier molecular flexibility index (Phi) is 6.17. The van der Waals surface area contributed by atoms with Crippen LogP contribution in [-0.2, 0) is 11.2 Å². The maximum absolute atomic E-state index is 10.2. The molecule has 1 N–H and O–H groups in total. The maximum atomic E-state index is 10.2. The molecule has 0 bridgehead atoms. The first-order chi connectivity index (χ1) is 10.2. The van der Waals surface area contributed by atoms with Crippen molar-refractivity contribution in [3.05, 3.63) is 47.0 Å². The van der Waals surface area contributed by atoms with Gasteiger partial charge in [-0.1, -0.05) is 30.3 Å². The van der Waals surface area contributed by atoms with Crippen molar-refractivity contribution in [1.82, 2.24) is 4.98 Å². The number of thiazole rings is 1. The molecule has 1 atom stereocenters. The summed E-state index contributed by atoms with van der Waals surface area (Å²) in [6.07, 6.45) is 0.0367. The van der Waals surface area contributed by atoms with E-state index in [1.807, 2.05) is 49.7 Å². The summed E-state index contributed by atoms with van der Waals surface area (Å²) in [6, 6.07) is 9.70. The fourth-order valence-corrected chi connectivity index (χ4v) is 2.83. The summed E-state index contributed by atoms with van der Waals surface area (Å²) in [7, 11) is 2.01. The second kappa shape index (κ2) is 8.12. The zero-order valence-corrected chi connectivity index (χ0v) is 13.3. The molecular weight excluding hydrogens is 284 g/mol. The topological polar surface area (TPSA) is 45.6 Å². The number of rotatable bonds is 8. The van der Waals surface area contributed by atoms with E-state index in [1.165, 1.54) is 0 Å². The van der Waals surface area contributed by atoms with Gasteiger partial charge in [-0.3, -0.25) is 0 Å². The van der Waals surface area contributed by atoms with Crippen LogP contribution in [0.5, 0.6) is 0 Å². The third-order valence-corrected chi connectivity index (χ3v) is 4.23. The summed E-state index contributed by atoms with van der Waals surface area (Å²) < 4.78 is 5.35. The molecule has 1 heterocycles. The number of ether oxygens (including phenoxy) is 1. The zero-order valence-electron chi connectivity index (χ0n) is 12.5. The van der Waals surface area contributed by atoms with E-state index >= 15 is 0 Å². The standard InChI is InChI=1S/C16H22N2O2S/c1-3-20-10-9-18(2)16-17-14(12-21-16)11-15(19)13-7-5-4-6-8-13/h4-8,12,15,19H,3,9-11H2,1-2H3. The minimum absolute atomic E-state index is 0.505. The van der Waals surface area contributed by atoms with Gasteiger partial charge in [0.25, 0.3) is 0 Å². The summed E-state index contributed by atoms with van der Waals surface area (Å²) in [4.78, 5) is 6.67. The van der Waals surface area contributed by atoms with Crippen molar-refractivity contribution in [3.63, 3.8) is 0 Å². The van der Waals surface area contributed by atoms with Crippen molar-refractivity contribution < 1.29 is 9.84 Å². The highest BCUT2D eigenvalue weighted by molar-refractivity contribution is 7.13. The number of hydrogen-bond acceptors (Lipinski definition) is 5. The Balaban J connectivity index is 1.90. The molecule has 4 nitrogen and oxygen atoms in total. The Hall–Kier alpha value is -1.43. The van der Waals surface area contributed by atoms with Gasteiger partial charge in [0.1, 0.15) is 0 Å². The number of benzene rings is 1. The third-order valence-electron chi connectivity index (χ3n) is 3.23. The number of aliphatic hydroxyl groups is 1. The predicted octanol–water partition coefficient (Wildman–Crippen LogP) is 2.89. The summed E-state index contributed by atoms with van der Waals surface area (Å²) in [5.41, 5.74) is 1.85. The fraction of sp³-hybridized carbons (Fsp3) is 0.438. The van der Waals surface area contributed by atoms with Gasteiger partial charge in [0, 0.05) is 32.0 Å². The van der Waals surface area contributed by atoms with Crippen molar-refractivity contribution in [2.24, 2.45) is 0 Å². The molecule has 2 rings (SSSR count). The SMILES string of the molecule is CCOCCN(C)c1nc(CC(O)c2ccccc2)cs1. The van der Waals surface area contributed by atoms with Crippen LogP contribution in [0.4, 0.5) is 5.13 Å². The molecule has 0 aliphatic carbocycles. The lowest BCUT2D eigenvalue weighted by Crippen LogP contribution is -2.22. The van der Waals surface area contributed by atoms with E-state index in [4.69, 9.17) is 4.74 Å². The minimum atomic E-state index is -0.505. The highest BCUT2D eigenvalue weighted by Gasteiger charge is 2.12. The van der Waals surface area contributed by atoms with E-state index in [2.05, 4.69) is 9.88 Å². The lowest BCUT2D eigenvalue weighted by atomic mass is 10.1. The monoisotopic (exact) mass is 306 g/mol. The average Bonchev–Trinajstić information content (AvgIpc) is 2.97. The van der Waals surface area contributed by atoms with E-state index in [-0.39, 0.29) is 0 Å². The molecule has 0 spiro atoms. The normalized spacial score (nSPS) is 12.3. The summed E-state index contributed by atoms with van der Waals surface area (Å²) in [5.74, 6) is 0. The van der Waals surface area contributed by atoms with Crippen molar-refractivity contribution in [1.29, 1.82) is 0 Å². The molecule has 0 radical (unpaired) electrons. The van der Waals surface area contributed by atoms with Crippen molar-refractivity contribution in [2.75, 3.05) is 31.7 Å². The van der Waals surface area contributed by atoms with Gasteiger partial charge in [0.2, 0.25) is 0 Å². The summed E-state index contributed by atoms with van der Waals surface area (Å²) >= 11 is 1.60. The largest absolute Gasteiger partial charge is 0.388 e. The molecule has 0 fully saturated rings. The van der Waals surface area contributed by atoms with Crippen LogP contribution in [0.25, 0.3) is 0 Å². The first-order valence-electron chi connectivity index (χ1n) is 7.17. The van der Waals surface area contributed by atoms with Crippen LogP contribution in [0, 0.1) is 0 Å². The van der Waals surface area contributed by atoms with Crippen LogP contribution in [0.1, 0.15) is 24.3 Å². The van der Waals surface area contributed by atoms with Gasteiger partial charge < -0.3 is 14.7 Å². The minimum Gasteiger partial charge on any atom is -0.388 e. The smallest absolute Gasteiger partial charge is 0.185 e. The van der Waals surface area contributed by atoms with Gasteiger partial charge in [-0.25, -0.2) is 4.98 Å². The molecule has 5 heteroatoms. The van der Waals surface area contributed by atoms with Gasteiger partial charge in [0.15, 0.2) is 5.13 Å². The number of aliphatic hydroxyl groups excluding tert-OH is 1. The van der Waals surface area contributed by atoms with E-state index in [1.54, 1.807) is 11.3 Å². The number of aromatic nitrogens is 1. The van der Waals surface area contributed by atoms with Crippen LogP contribution in [0.2, 0.25) is 0 Å². The number of nitrogens with zero attached hydrogens (tertiary/aromatic N) is 2. The van der Waals surface area contributed by atoms with Crippen LogP contribution in [-0.4, -0.2) is 36.9 Å². The zero-order chi connectivity index (χ0) is 15.1. The van der Waals surface area contributed by atoms with Gasteiger partial charge >= 0.3 is 0 Å². The van der Waals surface area contributed by atoms with Crippen LogP contribution >= 0.6 is 11.3 Å². The first-order valence-corrected chi connectivity index (χ1v) is 8.05. The van der Waals surface area contributed by atoms with E-state index in [0.717, 1.165) is 29.5 Å². The van der Waals surface area contributed by atoms with Crippen LogP contribution in [0.15, 0.2) is 35.7 Å². The molecule has 1 aromatic heterocycles. The average molecular weight is 306 g/mol. The lowest BCUT2D eigenvalue weighted by molar-refractivity contribution is 0.154. The molecule has 0 amide bonds. The Morgan fingerprint density at radius 3 is 2.81 bits per heavy atom. The van der Waals surface area contributed by atoms with E-state index < -0.39 is 6.10 Å². The lowest BCUT2D eigenvalue weighted by Gasteiger charge is -2.15. The highest BCUT2D eigenvalue weighted by Crippen LogP contribution is 2.23. The molecular formula is C16H22N2O2S. The maximum Gasteiger partial charge on any atom is 0.185 e. The Bertz CT molecular complexity index is 530. The molecule has 0 aliphatic rings. The van der Waals surface area contributed by atoms with Gasteiger partial charge in [-0.2, -0.15) is 0 Å². The molecule has 2 aromatic rings. The third kappa shape index (κ3) is 4.81. The number of anilines is 1. The quantitative estimate of drug-likeness (QED) is 0.762. The first kappa shape index (κ1) is 15.9. The van der Waals surface area contributed by atoms with E-state index in [9.17, 15) is 5.11 Å². The van der Waals surface area contributed by atoms with Crippen molar-refractivity contribution in [2.45, 2.75) is 19.4 Å². The molecule has 21 heavy (non-hydrogen) atoms. The van der Waals surface area contributed by atoms with Gasteiger partial charge in [-0.15, -0.1) is 11.3 Å². The highest BCUT2D eigenvalue weighted by atomic mass is 32.1.